The lowest BCUT2D eigenvalue weighted by molar-refractivity contribution is -0.122. The first-order valence-corrected chi connectivity index (χ1v) is 8.79. The molecule has 3 nitrogen and oxygen atoms in total. The summed E-state index contributed by atoms with van der Waals surface area (Å²) in [4.78, 5) is 12.4. The number of anilines is 1. The second-order valence-corrected chi connectivity index (χ2v) is 7.15. The van der Waals surface area contributed by atoms with Crippen LogP contribution in [0.25, 0.3) is 0 Å². The van der Waals surface area contributed by atoms with Gasteiger partial charge in [-0.25, -0.2) is 0 Å². The van der Waals surface area contributed by atoms with Crippen LogP contribution in [0.4, 0.5) is 5.69 Å². The normalized spacial score (nSPS) is 12.1. The molecule has 0 radical (unpaired) electrons. The van der Waals surface area contributed by atoms with Crippen LogP contribution in [-0.4, -0.2) is 12.0 Å². The Labute approximate surface area is 151 Å². The molecule has 0 aromatic heterocycles. The lowest BCUT2D eigenvalue weighted by Gasteiger charge is -2.19. The Morgan fingerprint density at radius 2 is 1.83 bits per heavy atom. The van der Waals surface area contributed by atoms with E-state index < -0.39 is 6.10 Å². The number of benzene rings is 2. The molecule has 0 fully saturated rings. The molecule has 2 aromatic rings. The molecule has 2 aromatic carbocycles. The summed E-state index contributed by atoms with van der Waals surface area (Å²) < 4.78 is 7.04. The van der Waals surface area contributed by atoms with Gasteiger partial charge in [0.15, 0.2) is 6.10 Å². The maximum Gasteiger partial charge on any atom is 0.265 e. The number of hydrogen-bond acceptors (Lipinski definition) is 2. The molecule has 0 aliphatic rings. The third-order valence-electron chi connectivity index (χ3n) is 3.66. The summed E-state index contributed by atoms with van der Waals surface area (Å²) in [5.74, 6) is 0.970. The van der Waals surface area contributed by atoms with E-state index in [-0.39, 0.29) is 5.91 Å². The third-order valence-corrected chi connectivity index (χ3v) is 4.33. The minimum atomic E-state index is -0.562. The minimum absolute atomic E-state index is 0.145. The van der Waals surface area contributed by atoms with E-state index in [2.05, 4.69) is 41.8 Å². The van der Waals surface area contributed by atoms with Crippen LogP contribution in [0.15, 0.2) is 42.5 Å². The Bertz CT molecular complexity index is 698. The van der Waals surface area contributed by atoms with Crippen molar-refractivity contribution >= 4 is 34.2 Å². The van der Waals surface area contributed by atoms with Gasteiger partial charge in [-0.2, -0.15) is 0 Å². The van der Waals surface area contributed by atoms with Gasteiger partial charge in [0.2, 0.25) is 0 Å². The molecule has 1 atom stereocenters. The van der Waals surface area contributed by atoms with Crippen LogP contribution in [0, 0.1) is 10.5 Å². The molecule has 1 N–H and O–H groups in total. The first kappa shape index (κ1) is 17.8. The first-order valence-electron chi connectivity index (χ1n) is 7.71. The Hall–Kier alpha value is -1.56. The molecule has 0 saturated heterocycles. The fourth-order valence-electron chi connectivity index (χ4n) is 2.31. The summed E-state index contributed by atoms with van der Waals surface area (Å²) in [6, 6.07) is 13.8. The number of carbonyl (C=O) groups excluding carboxylic acids is 1. The van der Waals surface area contributed by atoms with E-state index in [1.54, 1.807) is 6.92 Å². The van der Waals surface area contributed by atoms with E-state index in [0.717, 1.165) is 26.1 Å². The standard InChI is InChI=1S/C19H22INO2/c1-12(2)16-7-5-6-8-18(16)23-14(4)19(22)21-17-10-9-15(20)11-13(17)3/h5-12,14H,1-4H3,(H,21,22). The van der Waals surface area contributed by atoms with E-state index in [1.165, 1.54) is 0 Å². The van der Waals surface area contributed by atoms with Gasteiger partial charge in [-0.15, -0.1) is 0 Å². The van der Waals surface area contributed by atoms with Gasteiger partial charge < -0.3 is 10.1 Å². The maximum atomic E-state index is 12.4. The summed E-state index contributed by atoms with van der Waals surface area (Å²) >= 11 is 2.26. The van der Waals surface area contributed by atoms with Crippen molar-refractivity contribution in [2.24, 2.45) is 0 Å². The Kier molecular flexibility index (Phi) is 6.04. The number of aryl methyl sites for hydroxylation is 1. The van der Waals surface area contributed by atoms with Gasteiger partial charge >= 0.3 is 0 Å². The average Bonchev–Trinajstić information content (AvgIpc) is 2.50. The number of hydrogen-bond donors (Lipinski definition) is 1. The van der Waals surface area contributed by atoms with Gasteiger partial charge in [-0.05, 0) is 77.7 Å². The smallest absolute Gasteiger partial charge is 0.265 e. The molecular formula is C19H22INO2. The minimum Gasteiger partial charge on any atom is -0.481 e. The molecule has 0 heterocycles. The van der Waals surface area contributed by atoms with E-state index in [1.807, 2.05) is 49.4 Å². The topological polar surface area (TPSA) is 38.3 Å². The van der Waals surface area contributed by atoms with Gasteiger partial charge in [-0.1, -0.05) is 32.0 Å². The predicted octanol–water partition coefficient (Wildman–Crippen LogP) is 5.13. The second-order valence-electron chi connectivity index (χ2n) is 5.90. The summed E-state index contributed by atoms with van der Waals surface area (Å²) in [6.07, 6.45) is -0.562. The van der Waals surface area contributed by atoms with Gasteiger partial charge in [0.25, 0.3) is 5.91 Å². The highest BCUT2D eigenvalue weighted by Crippen LogP contribution is 2.27. The number of para-hydroxylation sites is 1. The number of rotatable bonds is 5. The van der Waals surface area contributed by atoms with Gasteiger partial charge in [0.05, 0.1) is 0 Å². The molecule has 1 amide bonds. The van der Waals surface area contributed by atoms with Crippen LogP contribution < -0.4 is 10.1 Å². The molecule has 122 valence electrons. The number of nitrogens with one attached hydrogen (secondary N) is 1. The first-order chi connectivity index (χ1) is 10.9. The van der Waals surface area contributed by atoms with Crippen molar-refractivity contribution in [1.29, 1.82) is 0 Å². The number of amides is 1. The molecule has 0 saturated carbocycles. The van der Waals surface area contributed by atoms with Gasteiger partial charge in [0, 0.05) is 9.26 Å². The van der Waals surface area contributed by atoms with Gasteiger partial charge in [-0.3, -0.25) is 4.79 Å². The van der Waals surface area contributed by atoms with Crippen LogP contribution in [0.3, 0.4) is 0 Å². The monoisotopic (exact) mass is 423 g/mol. The van der Waals surface area contributed by atoms with Crippen molar-refractivity contribution in [2.45, 2.75) is 39.7 Å². The zero-order valence-corrected chi connectivity index (χ0v) is 16.0. The van der Waals surface area contributed by atoms with Crippen molar-refractivity contribution in [3.63, 3.8) is 0 Å². The number of carbonyl (C=O) groups is 1. The highest BCUT2D eigenvalue weighted by atomic mass is 127. The fourth-order valence-corrected chi connectivity index (χ4v) is 2.96. The van der Waals surface area contributed by atoms with E-state index >= 15 is 0 Å². The lowest BCUT2D eigenvalue weighted by Crippen LogP contribution is -2.30. The highest BCUT2D eigenvalue weighted by molar-refractivity contribution is 14.1. The van der Waals surface area contributed by atoms with Crippen molar-refractivity contribution < 1.29 is 9.53 Å². The van der Waals surface area contributed by atoms with Crippen molar-refractivity contribution in [2.75, 3.05) is 5.32 Å². The van der Waals surface area contributed by atoms with Crippen LogP contribution in [0.2, 0.25) is 0 Å². The summed E-state index contributed by atoms with van der Waals surface area (Å²) in [6.45, 7) is 7.98. The zero-order chi connectivity index (χ0) is 17.0. The molecule has 0 aliphatic carbocycles. The maximum absolute atomic E-state index is 12.4. The van der Waals surface area contributed by atoms with Crippen LogP contribution in [-0.2, 0) is 4.79 Å². The van der Waals surface area contributed by atoms with Crippen LogP contribution in [0.1, 0.15) is 37.8 Å². The van der Waals surface area contributed by atoms with Crippen molar-refractivity contribution in [3.05, 3.63) is 57.2 Å². The number of ether oxygens (including phenoxy) is 1. The predicted molar refractivity (Wildman–Crippen MR) is 103 cm³/mol. The molecule has 0 bridgehead atoms. The molecule has 0 spiro atoms. The Balaban J connectivity index is 2.09. The Morgan fingerprint density at radius 1 is 1.13 bits per heavy atom. The molecule has 23 heavy (non-hydrogen) atoms. The lowest BCUT2D eigenvalue weighted by atomic mass is 10.0. The van der Waals surface area contributed by atoms with E-state index in [0.29, 0.717) is 5.92 Å². The molecular weight excluding hydrogens is 401 g/mol. The fraction of sp³-hybridized carbons (Fsp3) is 0.316. The summed E-state index contributed by atoms with van der Waals surface area (Å²) in [5, 5.41) is 2.94. The summed E-state index contributed by atoms with van der Waals surface area (Å²) in [7, 11) is 0. The third kappa shape index (κ3) is 4.70. The quantitative estimate of drug-likeness (QED) is 0.678. The van der Waals surface area contributed by atoms with Crippen molar-refractivity contribution in [1.82, 2.24) is 0 Å². The zero-order valence-electron chi connectivity index (χ0n) is 13.9. The van der Waals surface area contributed by atoms with Crippen molar-refractivity contribution in [3.8, 4) is 5.75 Å². The van der Waals surface area contributed by atoms with Gasteiger partial charge in [0.1, 0.15) is 5.75 Å². The Morgan fingerprint density at radius 3 is 2.48 bits per heavy atom. The summed E-state index contributed by atoms with van der Waals surface area (Å²) in [5.41, 5.74) is 2.97. The molecule has 0 aliphatic heterocycles. The molecule has 4 heteroatoms. The van der Waals surface area contributed by atoms with Crippen LogP contribution in [0.5, 0.6) is 5.75 Å². The molecule has 1 unspecified atom stereocenters. The molecule has 2 rings (SSSR count). The van der Waals surface area contributed by atoms with E-state index in [4.69, 9.17) is 4.74 Å². The second kappa shape index (κ2) is 7.81. The average molecular weight is 423 g/mol. The number of halogens is 1. The van der Waals surface area contributed by atoms with Crippen LogP contribution >= 0.6 is 22.6 Å². The highest BCUT2D eigenvalue weighted by Gasteiger charge is 2.18. The van der Waals surface area contributed by atoms with E-state index in [9.17, 15) is 4.79 Å². The SMILES string of the molecule is Cc1cc(I)ccc1NC(=O)C(C)Oc1ccccc1C(C)C. The largest absolute Gasteiger partial charge is 0.481 e.